The fraction of sp³-hybridized carbons (Fsp3) is 0. The second-order valence-corrected chi connectivity index (χ2v) is 7.50. The third kappa shape index (κ3) is 3.09. The van der Waals surface area contributed by atoms with E-state index >= 15 is 0 Å². The van der Waals surface area contributed by atoms with Crippen molar-refractivity contribution in [3.63, 3.8) is 0 Å². The molecule has 5 nitrogen and oxygen atoms in total. The monoisotopic (exact) mass is 432 g/mol. The van der Waals surface area contributed by atoms with E-state index in [1.54, 1.807) is 24.4 Å². The summed E-state index contributed by atoms with van der Waals surface area (Å²) < 4.78 is 3.20. The number of hydrogen-bond acceptors (Lipinski definition) is 3. The van der Waals surface area contributed by atoms with Gasteiger partial charge in [-0.05, 0) is 48.5 Å². The van der Waals surface area contributed by atoms with Crippen molar-refractivity contribution in [2.24, 2.45) is 0 Å². The highest BCUT2D eigenvalue weighted by Crippen LogP contribution is 2.31. The Kier molecular flexibility index (Phi) is 4.62. The predicted octanol–water partition coefficient (Wildman–Crippen LogP) is 5.55. The molecule has 0 radical (unpaired) electrons. The number of rotatable bonds is 3. The molecule has 30 heavy (non-hydrogen) atoms. The second-order valence-electron chi connectivity index (χ2n) is 6.66. The Labute approximate surface area is 181 Å². The first-order valence-corrected chi connectivity index (χ1v) is 9.96. The molecule has 0 saturated carbocycles. The molecule has 0 aliphatic rings. The highest BCUT2D eigenvalue weighted by atomic mass is 35.5. The molecule has 0 saturated heterocycles. The Balaban J connectivity index is 1.85. The van der Waals surface area contributed by atoms with Crippen molar-refractivity contribution in [1.82, 2.24) is 19.3 Å². The van der Waals surface area contributed by atoms with Gasteiger partial charge < -0.3 is 0 Å². The molecule has 0 unspecified atom stereocenters. The van der Waals surface area contributed by atoms with E-state index in [-0.39, 0.29) is 5.56 Å². The summed E-state index contributed by atoms with van der Waals surface area (Å²) >= 11 is 12.6. The minimum absolute atomic E-state index is 0.304. The summed E-state index contributed by atoms with van der Waals surface area (Å²) in [5, 5.41) is 5.55. The zero-order chi connectivity index (χ0) is 20.7. The summed E-state index contributed by atoms with van der Waals surface area (Å²) in [6, 6.07) is 24.0. The van der Waals surface area contributed by atoms with Crippen LogP contribution in [0.1, 0.15) is 0 Å². The van der Waals surface area contributed by atoms with Crippen LogP contribution in [-0.2, 0) is 0 Å². The molecule has 5 aromatic rings. The van der Waals surface area contributed by atoms with Crippen LogP contribution < -0.4 is 5.56 Å². The Hall–Kier alpha value is -3.41. The maximum absolute atomic E-state index is 13.3. The zero-order valence-corrected chi connectivity index (χ0v) is 17.0. The molecule has 2 heterocycles. The van der Waals surface area contributed by atoms with Gasteiger partial charge in [0.25, 0.3) is 5.56 Å². The molecule has 5 rings (SSSR count). The molecular formula is C23H14Cl2N4O. The number of hydrogen-bond donors (Lipinski definition) is 0. The van der Waals surface area contributed by atoms with E-state index in [4.69, 9.17) is 28.2 Å². The first-order valence-electron chi connectivity index (χ1n) is 9.20. The molecule has 0 spiro atoms. The van der Waals surface area contributed by atoms with Gasteiger partial charge in [0.2, 0.25) is 0 Å². The van der Waals surface area contributed by atoms with Crippen LogP contribution in [0.3, 0.4) is 0 Å². The van der Waals surface area contributed by atoms with Crippen LogP contribution in [0.4, 0.5) is 0 Å². The third-order valence-corrected chi connectivity index (χ3v) is 5.37. The van der Waals surface area contributed by atoms with Crippen LogP contribution in [-0.4, -0.2) is 19.3 Å². The molecule has 0 fully saturated rings. The standard InChI is InChI=1S/C23H14Cl2N4O/c24-16-12-10-15(11-13-16)22-27-21-20(28(22)19-9-5-4-8-18(19)25)14-26-29(23(21)30)17-6-2-1-3-7-17/h1-14H. The Morgan fingerprint density at radius 1 is 0.800 bits per heavy atom. The van der Waals surface area contributed by atoms with Crippen LogP contribution >= 0.6 is 23.2 Å². The Bertz CT molecular complexity index is 1420. The summed E-state index contributed by atoms with van der Waals surface area (Å²) in [5.74, 6) is 0.583. The number of fused-ring (bicyclic) bond motifs is 1. The molecule has 0 N–H and O–H groups in total. The van der Waals surface area contributed by atoms with Gasteiger partial charge in [-0.25, -0.2) is 4.98 Å². The highest BCUT2D eigenvalue weighted by Gasteiger charge is 2.20. The lowest BCUT2D eigenvalue weighted by molar-refractivity contribution is 0.817. The smallest absolute Gasteiger partial charge is 0.289 e. The molecule has 0 bridgehead atoms. The molecule has 3 aromatic carbocycles. The van der Waals surface area contributed by atoms with Crippen molar-refractivity contribution in [2.45, 2.75) is 0 Å². The van der Waals surface area contributed by atoms with Gasteiger partial charge in [-0.15, -0.1) is 0 Å². The van der Waals surface area contributed by atoms with Gasteiger partial charge in [0.15, 0.2) is 5.52 Å². The van der Waals surface area contributed by atoms with Crippen molar-refractivity contribution in [3.8, 4) is 22.8 Å². The largest absolute Gasteiger partial charge is 0.299 e. The number of aromatic nitrogens is 4. The number of para-hydroxylation sites is 2. The maximum atomic E-state index is 13.3. The van der Waals surface area contributed by atoms with Crippen LogP contribution in [0.5, 0.6) is 0 Å². The minimum atomic E-state index is -0.306. The molecule has 0 atom stereocenters. The van der Waals surface area contributed by atoms with Crippen LogP contribution in [0, 0.1) is 0 Å². The summed E-state index contributed by atoms with van der Waals surface area (Å²) in [6.07, 6.45) is 1.64. The number of benzene rings is 3. The van der Waals surface area contributed by atoms with E-state index < -0.39 is 0 Å². The van der Waals surface area contributed by atoms with E-state index in [2.05, 4.69) is 5.10 Å². The summed E-state index contributed by atoms with van der Waals surface area (Å²) in [7, 11) is 0. The maximum Gasteiger partial charge on any atom is 0.299 e. The van der Waals surface area contributed by atoms with E-state index in [1.807, 2.05) is 65.2 Å². The third-order valence-electron chi connectivity index (χ3n) is 4.80. The van der Waals surface area contributed by atoms with Crippen LogP contribution in [0.15, 0.2) is 89.9 Å². The van der Waals surface area contributed by atoms with E-state index in [9.17, 15) is 4.79 Å². The SMILES string of the molecule is O=c1c2nc(-c3ccc(Cl)cc3)n(-c3ccccc3Cl)c2cnn1-c1ccccc1. The van der Waals surface area contributed by atoms with Gasteiger partial charge in [-0.2, -0.15) is 9.78 Å². The Morgan fingerprint density at radius 2 is 1.50 bits per heavy atom. The zero-order valence-electron chi connectivity index (χ0n) is 15.5. The first-order chi connectivity index (χ1) is 14.6. The minimum Gasteiger partial charge on any atom is -0.289 e. The summed E-state index contributed by atoms with van der Waals surface area (Å²) in [5.41, 5.74) is 2.76. The van der Waals surface area contributed by atoms with Gasteiger partial charge in [0.05, 0.1) is 28.1 Å². The van der Waals surface area contributed by atoms with Crippen LogP contribution in [0.25, 0.3) is 33.8 Å². The first kappa shape index (κ1) is 18.6. The van der Waals surface area contributed by atoms with Gasteiger partial charge in [0.1, 0.15) is 5.82 Å². The van der Waals surface area contributed by atoms with Gasteiger partial charge >= 0.3 is 0 Å². The van der Waals surface area contributed by atoms with Crippen molar-refractivity contribution in [3.05, 3.63) is 105 Å². The van der Waals surface area contributed by atoms with Crippen molar-refractivity contribution >= 4 is 34.2 Å². The average Bonchev–Trinajstić information content (AvgIpc) is 3.16. The quantitative estimate of drug-likeness (QED) is 0.375. The van der Waals surface area contributed by atoms with E-state index in [1.165, 1.54) is 4.68 Å². The lowest BCUT2D eigenvalue weighted by Crippen LogP contribution is -2.21. The lowest BCUT2D eigenvalue weighted by atomic mass is 10.2. The van der Waals surface area contributed by atoms with Gasteiger partial charge in [-0.3, -0.25) is 9.36 Å². The van der Waals surface area contributed by atoms with E-state index in [0.717, 1.165) is 5.56 Å². The molecular weight excluding hydrogens is 419 g/mol. The van der Waals surface area contributed by atoms with Crippen LogP contribution in [0.2, 0.25) is 10.0 Å². The highest BCUT2D eigenvalue weighted by molar-refractivity contribution is 6.32. The fourth-order valence-corrected chi connectivity index (χ4v) is 3.74. The van der Waals surface area contributed by atoms with Crippen molar-refractivity contribution < 1.29 is 0 Å². The second kappa shape index (κ2) is 7.44. The Morgan fingerprint density at radius 3 is 2.23 bits per heavy atom. The predicted molar refractivity (Wildman–Crippen MR) is 120 cm³/mol. The molecule has 7 heteroatoms. The van der Waals surface area contributed by atoms with Gasteiger partial charge in [0, 0.05) is 10.6 Å². The number of imidazole rings is 1. The molecule has 0 aliphatic heterocycles. The number of nitrogens with zero attached hydrogens (tertiary/aromatic N) is 4. The van der Waals surface area contributed by atoms with E-state index in [0.29, 0.717) is 38.3 Å². The summed E-state index contributed by atoms with van der Waals surface area (Å²) in [4.78, 5) is 18.0. The number of halogens is 2. The van der Waals surface area contributed by atoms with Crippen molar-refractivity contribution in [1.29, 1.82) is 0 Å². The fourth-order valence-electron chi connectivity index (χ4n) is 3.40. The molecule has 2 aromatic heterocycles. The topological polar surface area (TPSA) is 52.7 Å². The molecule has 0 amide bonds. The average molecular weight is 433 g/mol. The molecule has 146 valence electrons. The summed E-state index contributed by atoms with van der Waals surface area (Å²) in [6.45, 7) is 0. The lowest BCUT2D eigenvalue weighted by Gasteiger charge is -2.11. The normalized spacial score (nSPS) is 11.1. The van der Waals surface area contributed by atoms with Gasteiger partial charge in [-0.1, -0.05) is 53.5 Å². The van der Waals surface area contributed by atoms with Crippen molar-refractivity contribution in [2.75, 3.05) is 0 Å². The molecule has 0 aliphatic carbocycles.